The number of hydrogen-bond acceptors (Lipinski definition) is 2. The van der Waals surface area contributed by atoms with Gasteiger partial charge in [-0.15, -0.1) is 0 Å². The van der Waals surface area contributed by atoms with Crippen LogP contribution < -0.4 is 10.1 Å². The van der Waals surface area contributed by atoms with Gasteiger partial charge in [0, 0.05) is 16.1 Å². The fraction of sp³-hybridized carbons (Fsp3) is 0.200. The summed E-state index contributed by atoms with van der Waals surface area (Å²) in [7, 11) is 1.89. The molecule has 1 atom stereocenters. The summed E-state index contributed by atoms with van der Waals surface area (Å²) in [5.74, 6) is 1.01. The molecule has 0 aliphatic rings. The lowest BCUT2D eigenvalue weighted by atomic mass is 10.1. The highest BCUT2D eigenvalue weighted by atomic mass is 79.9. The normalized spacial score (nSPS) is 12.2. The van der Waals surface area contributed by atoms with Gasteiger partial charge in [0.15, 0.2) is 0 Å². The van der Waals surface area contributed by atoms with Crippen LogP contribution in [0.3, 0.4) is 0 Å². The highest BCUT2D eigenvalue weighted by Gasteiger charge is 2.12. The van der Waals surface area contributed by atoms with E-state index in [-0.39, 0.29) is 11.9 Å². The molecule has 0 aliphatic heterocycles. The molecule has 0 radical (unpaired) electrons. The molecule has 0 saturated heterocycles. The van der Waals surface area contributed by atoms with E-state index < -0.39 is 0 Å². The minimum atomic E-state index is -0.310. The minimum Gasteiger partial charge on any atom is -0.457 e. The smallest absolute Gasteiger partial charge is 0.137 e. The third-order valence-electron chi connectivity index (χ3n) is 2.99. The molecule has 2 rings (SSSR count). The summed E-state index contributed by atoms with van der Waals surface area (Å²) >= 11 is 6.60. The molecule has 2 aromatic rings. The zero-order valence-corrected chi connectivity index (χ0v) is 14.3. The van der Waals surface area contributed by atoms with Gasteiger partial charge in [0.05, 0.1) is 4.47 Å². The molecule has 1 N–H and O–H groups in total. The van der Waals surface area contributed by atoms with Crippen LogP contribution in [0.15, 0.2) is 45.3 Å². The van der Waals surface area contributed by atoms with Gasteiger partial charge in [0.1, 0.15) is 17.3 Å². The first-order valence-electron chi connectivity index (χ1n) is 6.11. The van der Waals surface area contributed by atoms with Crippen LogP contribution in [0.25, 0.3) is 0 Å². The summed E-state index contributed by atoms with van der Waals surface area (Å²) in [5, 5.41) is 3.18. The first kappa shape index (κ1) is 15.5. The molecular weight excluding hydrogens is 389 g/mol. The Bertz CT molecular complexity index is 619. The van der Waals surface area contributed by atoms with E-state index in [1.54, 1.807) is 12.1 Å². The van der Waals surface area contributed by atoms with Crippen molar-refractivity contribution < 1.29 is 9.13 Å². The monoisotopic (exact) mass is 401 g/mol. The van der Waals surface area contributed by atoms with Gasteiger partial charge in [-0.25, -0.2) is 4.39 Å². The van der Waals surface area contributed by atoms with Gasteiger partial charge in [-0.2, -0.15) is 0 Å². The van der Waals surface area contributed by atoms with E-state index >= 15 is 0 Å². The molecule has 1 unspecified atom stereocenters. The van der Waals surface area contributed by atoms with Crippen LogP contribution >= 0.6 is 31.9 Å². The fourth-order valence-corrected chi connectivity index (χ4v) is 2.48. The molecule has 5 heteroatoms. The van der Waals surface area contributed by atoms with Crippen LogP contribution in [-0.2, 0) is 0 Å². The van der Waals surface area contributed by atoms with Gasteiger partial charge in [-0.05, 0) is 60.2 Å². The molecule has 0 amide bonds. The Morgan fingerprint density at radius 2 is 1.90 bits per heavy atom. The van der Waals surface area contributed by atoms with Gasteiger partial charge in [0.2, 0.25) is 0 Å². The van der Waals surface area contributed by atoms with Crippen molar-refractivity contribution >= 4 is 31.9 Å². The van der Waals surface area contributed by atoms with Crippen molar-refractivity contribution in [3.05, 3.63) is 56.7 Å². The maximum atomic E-state index is 13.2. The molecule has 2 aromatic carbocycles. The fourth-order valence-electron chi connectivity index (χ4n) is 1.78. The predicted octanol–water partition coefficient (Wildman–Crippen LogP) is 5.42. The van der Waals surface area contributed by atoms with Gasteiger partial charge in [-0.1, -0.05) is 22.0 Å². The molecule has 20 heavy (non-hydrogen) atoms. The van der Waals surface area contributed by atoms with Gasteiger partial charge in [-0.3, -0.25) is 0 Å². The second kappa shape index (κ2) is 6.70. The molecule has 0 aliphatic carbocycles. The zero-order valence-electron chi connectivity index (χ0n) is 11.1. The Kier molecular flexibility index (Phi) is 5.18. The van der Waals surface area contributed by atoms with Crippen molar-refractivity contribution in [3.63, 3.8) is 0 Å². The third kappa shape index (κ3) is 3.59. The van der Waals surface area contributed by atoms with Gasteiger partial charge >= 0.3 is 0 Å². The summed E-state index contributed by atoms with van der Waals surface area (Å²) in [6.45, 7) is 2.05. The van der Waals surface area contributed by atoms with E-state index in [0.29, 0.717) is 10.2 Å². The van der Waals surface area contributed by atoms with Gasteiger partial charge in [0.25, 0.3) is 0 Å². The van der Waals surface area contributed by atoms with Gasteiger partial charge < -0.3 is 10.1 Å². The molecule has 2 nitrogen and oxygen atoms in total. The maximum absolute atomic E-state index is 13.2. The molecular formula is C15H14Br2FNO. The number of rotatable bonds is 4. The van der Waals surface area contributed by atoms with E-state index in [1.807, 2.05) is 25.2 Å². The Morgan fingerprint density at radius 1 is 1.15 bits per heavy atom. The zero-order chi connectivity index (χ0) is 14.7. The second-order valence-electron chi connectivity index (χ2n) is 4.37. The molecule has 0 spiro atoms. The molecule has 0 fully saturated rings. The summed E-state index contributed by atoms with van der Waals surface area (Å²) in [5.41, 5.74) is 1.04. The first-order chi connectivity index (χ1) is 9.51. The van der Waals surface area contributed by atoms with Crippen LogP contribution in [0.4, 0.5) is 4.39 Å². The van der Waals surface area contributed by atoms with Crippen LogP contribution in [0.5, 0.6) is 11.5 Å². The van der Waals surface area contributed by atoms with Crippen molar-refractivity contribution in [1.82, 2.24) is 5.32 Å². The largest absolute Gasteiger partial charge is 0.457 e. The highest BCUT2D eigenvalue weighted by Crippen LogP contribution is 2.33. The summed E-state index contributed by atoms with van der Waals surface area (Å²) in [6, 6.07) is 10.6. The molecule has 0 saturated carbocycles. The van der Waals surface area contributed by atoms with E-state index in [9.17, 15) is 4.39 Å². The van der Waals surface area contributed by atoms with E-state index in [2.05, 4.69) is 44.1 Å². The molecule has 0 aromatic heterocycles. The Balaban J connectivity index is 2.36. The molecule has 0 heterocycles. The summed E-state index contributed by atoms with van der Waals surface area (Å²) < 4.78 is 20.4. The quantitative estimate of drug-likeness (QED) is 0.736. The predicted molar refractivity (Wildman–Crippen MR) is 85.8 cm³/mol. The van der Waals surface area contributed by atoms with Crippen LogP contribution in [0.1, 0.15) is 18.5 Å². The van der Waals surface area contributed by atoms with Crippen LogP contribution in [0.2, 0.25) is 0 Å². The standard InChI is InChI=1S/C15H14Br2FNO/c1-9(19-2)12-5-3-10(16)7-15(12)20-11-4-6-14(18)13(17)8-11/h3-9,19H,1-2H3. The average molecular weight is 403 g/mol. The first-order valence-corrected chi connectivity index (χ1v) is 7.69. The Hall–Kier alpha value is -0.910. The topological polar surface area (TPSA) is 21.3 Å². The number of hydrogen-bond donors (Lipinski definition) is 1. The minimum absolute atomic E-state index is 0.155. The van der Waals surface area contributed by atoms with Crippen molar-refractivity contribution in [2.45, 2.75) is 13.0 Å². The van der Waals surface area contributed by atoms with Crippen LogP contribution in [-0.4, -0.2) is 7.05 Å². The number of ether oxygens (including phenoxy) is 1. The van der Waals surface area contributed by atoms with E-state index in [1.165, 1.54) is 6.07 Å². The molecule has 0 bridgehead atoms. The second-order valence-corrected chi connectivity index (χ2v) is 6.14. The molecule has 106 valence electrons. The van der Waals surface area contributed by atoms with Crippen molar-refractivity contribution in [2.75, 3.05) is 7.05 Å². The average Bonchev–Trinajstić information content (AvgIpc) is 2.42. The number of halogens is 3. The Labute approximate surface area is 134 Å². The lowest BCUT2D eigenvalue weighted by Crippen LogP contribution is -2.13. The third-order valence-corrected chi connectivity index (χ3v) is 4.09. The number of nitrogens with one attached hydrogen (secondary N) is 1. The highest BCUT2D eigenvalue weighted by molar-refractivity contribution is 9.10. The maximum Gasteiger partial charge on any atom is 0.137 e. The lowest BCUT2D eigenvalue weighted by Gasteiger charge is -2.17. The summed E-state index contributed by atoms with van der Waals surface area (Å²) in [6.07, 6.45) is 0. The SMILES string of the molecule is CNC(C)c1ccc(Br)cc1Oc1ccc(F)c(Br)c1. The lowest BCUT2D eigenvalue weighted by molar-refractivity contribution is 0.464. The summed E-state index contributed by atoms with van der Waals surface area (Å²) in [4.78, 5) is 0. The Morgan fingerprint density at radius 3 is 2.55 bits per heavy atom. The van der Waals surface area contributed by atoms with Crippen molar-refractivity contribution in [1.29, 1.82) is 0 Å². The van der Waals surface area contributed by atoms with E-state index in [4.69, 9.17) is 4.74 Å². The number of benzene rings is 2. The van der Waals surface area contributed by atoms with E-state index in [0.717, 1.165) is 15.8 Å². The van der Waals surface area contributed by atoms with Crippen LogP contribution in [0, 0.1) is 5.82 Å². The van der Waals surface area contributed by atoms with Crippen molar-refractivity contribution in [2.24, 2.45) is 0 Å². The van der Waals surface area contributed by atoms with Crippen molar-refractivity contribution in [3.8, 4) is 11.5 Å².